The standard InChI is InChI=1S/C27H32N2O5S/c1-5-33-25-14-12-24(13-15-25)29(35(4,31)32)19-22-8-10-23(11-9-22)27(30)28-16-17-34-26-18-20(2)6-7-21(26)3/h6-15,18H,5,16-17,19H2,1-4H3,(H,28,30). The van der Waals surface area contributed by atoms with Gasteiger partial charge >= 0.3 is 0 Å². The summed E-state index contributed by atoms with van der Waals surface area (Å²) in [6.45, 7) is 7.29. The van der Waals surface area contributed by atoms with E-state index in [1.165, 1.54) is 10.6 Å². The molecule has 186 valence electrons. The highest BCUT2D eigenvalue weighted by Gasteiger charge is 2.18. The normalized spacial score (nSPS) is 11.1. The quantitative estimate of drug-likeness (QED) is 0.396. The second kappa shape index (κ2) is 11.8. The minimum atomic E-state index is -3.51. The van der Waals surface area contributed by atoms with Gasteiger partial charge in [-0.15, -0.1) is 0 Å². The zero-order chi connectivity index (χ0) is 25.4. The molecular formula is C27H32N2O5S. The molecule has 0 aliphatic heterocycles. The van der Waals surface area contributed by atoms with Gasteiger partial charge in [-0.2, -0.15) is 0 Å². The molecule has 0 heterocycles. The fourth-order valence-corrected chi connectivity index (χ4v) is 4.38. The SMILES string of the molecule is CCOc1ccc(N(Cc2ccc(C(=O)NCCOc3cc(C)ccc3C)cc2)S(C)(=O)=O)cc1. The number of anilines is 1. The lowest BCUT2D eigenvalue weighted by molar-refractivity contribution is 0.0947. The molecule has 0 aromatic heterocycles. The molecule has 7 nitrogen and oxygen atoms in total. The highest BCUT2D eigenvalue weighted by atomic mass is 32.2. The zero-order valence-electron chi connectivity index (χ0n) is 20.6. The summed E-state index contributed by atoms with van der Waals surface area (Å²) in [4.78, 5) is 12.5. The van der Waals surface area contributed by atoms with E-state index >= 15 is 0 Å². The monoisotopic (exact) mass is 496 g/mol. The van der Waals surface area contributed by atoms with Crippen molar-refractivity contribution < 1.29 is 22.7 Å². The van der Waals surface area contributed by atoms with Crippen molar-refractivity contribution in [2.24, 2.45) is 0 Å². The Kier molecular flexibility index (Phi) is 8.76. The van der Waals surface area contributed by atoms with Gasteiger partial charge in [0.1, 0.15) is 18.1 Å². The van der Waals surface area contributed by atoms with Crippen LogP contribution in [0.5, 0.6) is 11.5 Å². The van der Waals surface area contributed by atoms with Gasteiger partial charge in [-0.05, 0) is 79.9 Å². The van der Waals surface area contributed by atoms with Gasteiger partial charge < -0.3 is 14.8 Å². The summed E-state index contributed by atoms with van der Waals surface area (Å²) in [7, 11) is -3.51. The van der Waals surface area contributed by atoms with Gasteiger partial charge in [0.05, 0.1) is 31.6 Å². The second-order valence-electron chi connectivity index (χ2n) is 8.27. The van der Waals surface area contributed by atoms with Gasteiger partial charge in [0.25, 0.3) is 5.91 Å². The molecule has 0 unspecified atom stereocenters. The average molecular weight is 497 g/mol. The van der Waals surface area contributed by atoms with Gasteiger partial charge in [-0.3, -0.25) is 9.10 Å². The molecule has 3 aromatic rings. The summed E-state index contributed by atoms with van der Waals surface area (Å²) in [5, 5.41) is 2.85. The Morgan fingerprint density at radius 1 is 0.943 bits per heavy atom. The molecule has 0 aliphatic carbocycles. The lowest BCUT2D eigenvalue weighted by atomic mass is 10.1. The summed E-state index contributed by atoms with van der Waals surface area (Å²) in [6, 6.07) is 19.8. The minimum absolute atomic E-state index is 0.151. The fourth-order valence-electron chi connectivity index (χ4n) is 3.49. The molecule has 35 heavy (non-hydrogen) atoms. The van der Waals surface area contributed by atoms with Crippen molar-refractivity contribution in [3.63, 3.8) is 0 Å². The molecule has 0 saturated heterocycles. The maximum absolute atomic E-state index is 12.5. The van der Waals surface area contributed by atoms with Gasteiger partial charge in [0.15, 0.2) is 0 Å². The van der Waals surface area contributed by atoms with E-state index < -0.39 is 10.0 Å². The summed E-state index contributed by atoms with van der Waals surface area (Å²) in [5.41, 5.74) is 3.96. The van der Waals surface area contributed by atoms with Crippen LogP contribution in [0.25, 0.3) is 0 Å². The molecule has 0 atom stereocenters. The van der Waals surface area contributed by atoms with Gasteiger partial charge in [-0.25, -0.2) is 8.42 Å². The molecule has 3 aromatic carbocycles. The summed E-state index contributed by atoms with van der Waals surface area (Å²) in [5.74, 6) is 1.28. The minimum Gasteiger partial charge on any atom is -0.494 e. The predicted molar refractivity (Wildman–Crippen MR) is 139 cm³/mol. The van der Waals surface area contributed by atoms with Gasteiger partial charge in [0, 0.05) is 5.56 Å². The van der Waals surface area contributed by atoms with Crippen LogP contribution in [-0.2, 0) is 16.6 Å². The Balaban J connectivity index is 1.58. The first-order valence-corrected chi connectivity index (χ1v) is 13.3. The molecule has 0 spiro atoms. The maximum atomic E-state index is 12.5. The lowest BCUT2D eigenvalue weighted by Gasteiger charge is -2.23. The van der Waals surface area contributed by atoms with E-state index in [4.69, 9.17) is 9.47 Å². The highest BCUT2D eigenvalue weighted by Crippen LogP contribution is 2.24. The van der Waals surface area contributed by atoms with Crippen LogP contribution in [0, 0.1) is 13.8 Å². The molecule has 0 saturated carbocycles. The van der Waals surface area contributed by atoms with Crippen LogP contribution in [0.2, 0.25) is 0 Å². The molecule has 3 rings (SSSR count). The smallest absolute Gasteiger partial charge is 0.251 e. The number of hydrogen-bond acceptors (Lipinski definition) is 5. The molecular weight excluding hydrogens is 464 g/mol. The lowest BCUT2D eigenvalue weighted by Crippen LogP contribution is -2.29. The summed E-state index contributed by atoms with van der Waals surface area (Å²) >= 11 is 0. The summed E-state index contributed by atoms with van der Waals surface area (Å²) in [6.07, 6.45) is 1.17. The summed E-state index contributed by atoms with van der Waals surface area (Å²) < 4.78 is 37.4. The number of aryl methyl sites for hydroxylation is 2. The third-order valence-corrected chi connectivity index (χ3v) is 6.51. The van der Waals surface area contributed by atoms with Crippen LogP contribution in [0.3, 0.4) is 0 Å². The number of carbonyl (C=O) groups excluding carboxylic acids is 1. The molecule has 0 bridgehead atoms. The average Bonchev–Trinajstić information content (AvgIpc) is 2.83. The van der Waals surface area contributed by atoms with Crippen molar-refractivity contribution in [3.05, 3.63) is 89.0 Å². The number of nitrogens with one attached hydrogen (secondary N) is 1. The van der Waals surface area contributed by atoms with Crippen molar-refractivity contribution in [2.45, 2.75) is 27.3 Å². The first-order valence-electron chi connectivity index (χ1n) is 11.4. The third kappa shape index (κ3) is 7.48. The van der Waals surface area contributed by atoms with Crippen molar-refractivity contribution in [3.8, 4) is 11.5 Å². The first-order chi connectivity index (χ1) is 16.7. The van der Waals surface area contributed by atoms with Crippen molar-refractivity contribution in [1.29, 1.82) is 0 Å². The molecule has 1 N–H and O–H groups in total. The number of rotatable bonds is 11. The topological polar surface area (TPSA) is 84.9 Å². The molecule has 1 amide bonds. The van der Waals surface area contributed by atoms with Crippen molar-refractivity contribution in [2.75, 3.05) is 30.3 Å². The number of amides is 1. The van der Waals surface area contributed by atoms with E-state index in [1.54, 1.807) is 48.5 Å². The Bertz CT molecular complexity index is 1240. The molecule has 8 heteroatoms. The highest BCUT2D eigenvalue weighted by molar-refractivity contribution is 7.92. The largest absolute Gasteiger partial charge is 0.494 e. The Labute approximate surface area is 207 Å². The van der Waals surface area contributed by atoms with Gasteiger partial charge in [0.2, 0.25) is 10.0 Å². The molecule has 0 fully saturated rings. The molecule has 0 radical (unpaired) electrons. The van der Waals surface area contributed by atoms with E-state index in [2.05, 4.69) is 5.32 Å². The van der Waals surface area contributed by atoms with Crippen molar-refractivity contribution in [1.82, 2.24) is 5.32 Å². The fraction of sp³-hybridized carbons (Fsp3) is 0.296. The van der Waals surface area contributed by atoms with Gasteiger partial charge in [-0.1, -0.05) is 24.3 Å². The number of carbonyl (C=O) groups is 1. The molecule has 0 aliphatic rings. The number of sulfonamides is 1. The van der Waals surface area contributed by atoms with E-state index in [1.807, 2.05) is 39.0 Å². The van der Waals surface area contributed by atoms with E-state index in [-0.39, 0.29) is 12.5 Å². The van der Waals surface area contributed by atoms with E-state index in [9.17, 15) is 13.2 Å². The number of hydrogen-bond donors (Lipinski definition) is 1. The van der Waals surface area contributed by atoms with Crippen LogP contribution >= 0.6 is 0 Å². The van der Waals surface area contributed by atoms with Crippen molar-refractivity contribution >= 4 is 21.6 Å². The van der Waals surface area contributed by atoms with Crippen LogP contribution in [0.15, 0.2) is 66.7 Å². The number of benzene rings is 3. The number of ether oxygens (including phenoxy) is 2. The maximum Gasteiger partial charge on any atom is 0.251 e. The Morgan fingerprint density at radius 3 is 2.26 bits per heavy atom. The number of nitrogens with zero attached hydrogens (tertiary/aromatic N) is 1. The zero-order valence-corrected chi connectivity index (χ0v) is 21.4. The van der Waals surface area contributed by atoms with Crippen LogP contribution < -0.4 is 19.1 Å². The van der Waals surface area contributed by atoms with Crippen LogP contribution in [0.4, 0.5) is 5.69 Å². The van der Waals surface area contributed by atoms with E-state index in [0.717, 1.165) is 22.4 Å². The second-order valence-corrected chi connectivity index (χ2v) is 10.2. The van der Waals surface area contributed by atoms with Crippen LogP contribution in [-0.4, -0.2) is 40.3 Å². The Hall–Kier alpha value is -3.52. The van der Waals surface area contributed by atoms with E-state index in [0.29, 0.717) is 36.8 Å². The predicted octanol–water partition coefficient (Wildman–Crippen LogP) is 4.48. The Morgan fingerprint density at radius 2 is 1.63 bits per heavy atom. The third-order valence-electron chi connectivity index (χ3n) is 5.37. The van der Waals surface area contributed by atoms with Crippen LogP contribution in [0.1, 0.15) is 34.0 Å². The first kappa shape index (κ1) is 26.1.